The monoisotopic (exact) mass is 409 g/mol. The number of benzene rings is 1. The van der Waals surface area contributed by atoms with Crippen molar-refractivity contribution in [1.29, 1.82) is 0 Å². The molecule has 2 aliphatic carbocycles. The third-order valence-corrected chi connectivity index (χ3v) is 7.40. The molecule has 2 aliphatic rings. The molecular formula is C21H22F3NO2S. The number of nitrogens with one attached hydrogen (secondary N) is 1. The van der Waals surface area contributed by atoms with E-state index >= 15 is 0 Å². The predicted molar refractivity (Wildman–Crippen MR) is 104 cm³/mol. The molecule has 2 aromatic rings. The normalized spacial score (nSPS) is 21.8. The van der Waals surface area contributed by atoms with E-state index in [4.69, 9.17) is 4.74 Å². The van der Waals surface area contributed by atoms with Gasteiger partial charge in [-0.1, -0.05) is 13.8 Å². The van der Waals surface area contributed by atoms with Crippen molar-refractivity contribution in [3.05, 3.63) is 44.6 Å². The van der Waals surface area contributed by atoms with E-state index < -0.39 is 11.7 Å². The number of ether oxygens (including phenoxy) is 1. The van der Waals surface area contributed by atoms with Crippen molar-refractivity contribution in [3.63, 3.8) is 0 Å². The second kappa shape index (κ2) is 6.24. The van der Waals surface area contributed by atoms with Crippen LogP contribution >= 0.6 is 11.3 Å². The number of Topliss-reactive ketones (excluding diaryl/α,β-unsaturated/α-hetero) is 1. The van der Waals surface area contributed by atoms with Crippen molar-refractivity contribution in [2.24, 2.45) is 11.3 Å². The topological polar surface area (TPSA) is 38.3 Å². The molecule has 1 aromatic carbocycles. The van der Waals surface area contributed by atoms with E-state index in [0.717, 1.165) is 29.0 Å². The number of hydrogen-bond donors (Lipinski definition) is 1. The number of carbonyl (C=O) groups excluding carboxylic acids is 1. The first-order valence-corrected chi connectivity index (χ1v) is 10.0. The Balaban J connectivity index is 1.52. The third-order valence-electron chi connectivity index (χ3n) is 6.20. The Hall–Kier alpha value is -2.02. The van der Waals surface area contributed by atoms with Crippen LogP contribution in [-0.2, 0) is 12.6 Å². The van der Waals surface area contributed by atoms with Gasteiger partial charge in [-0.2, -0.15) is 13.2 Å². The maximum atomic E-state index is 13.1. The van der Waals surface area contributed by atoms with Crippen LogP contribution in [0.4, 0.5) is 18.9 Å². The first-order valence-electron chi connectivity index (χ1n) is 9.19. The zero-order valence-electron chi connectivity index (χ0n) is 16.2. The van der Waals surface area contributed by atoms with Crippen LogP contribution in [0, 0.1) is 18.3 Å². The summed E-state index contributed by atoms with van der Waals surface area (Å²) in [6.07, 6.45) is -3.55. The molecule has 1 N–H and O–H groups in total. The number of alkyl halides is 3. The molecule has 0 radical (unpaired) electrons. The molecule has 0 bridgehead atoms. The Morgan fingerprint density at radius 1 is 1.32 bits per heavy atom. The summed E-state index contributed by atoms with van der Waals surface area (Å²) >= 11 is 1.51. The van der Waals surface area contributed by atoms with E-state index in [2.05, 4.69) is 26.1 Å². The quantitative estimate of drug-likeness (QED) is 0.646. The second-order valence-corrected chi connectivity index (χ2v) is 9.44. The van der Waals surface area contributed by atoms with E-state index in [9.17, 15) is 18.0 Å². The molecule has 4 rings (SSSR count). The number of halogens is 3. The molecule has 1 aromatic heterocycles. The number of anilines is 1. The molecule has 1 saturated carbocycles. The Bertz CT molecular complexity index is 961. The number of hydrogen-bond acceptors (Lipinski definition) is 4. The summed E-state index contributed by atoms with van der Waals surface area (Å²) in [5, 5.41) is 2.85. The molecule has 1 heterocycles. The van der Waals surface area contributed by atoms with Crippen molar-refractivity contribution in [1.82, 2.24) is 0 Å². The lowest BCUT2D eigenvalue weighted by Crippen LogP contribution is -2.15. The zero-order valence-corrected chi connectivity index (χ0v) is 17.0. The minimum absolute atomic E-state index is 0.0460. The fraction of sp³-hybridized carbons (Fsp3) is 0.476. The van der Waals surface area contributed by atoms with Gasteiger partial charge in [0.05, 0.1) is 24.1 Å². The number of fused-ring (bicyclic) bond motifs is 3. The molecule has 0 spiro atoms. The van der Waals surface area contributed by atoms with Crippen LogP contribution in [0.5, 0.6) is 5.75 Å². The summed E-state index contributed by atoms with van der Waals surface area (Å²) in [5.41, 5.74) is 2.21. The summed E-state index contributed by atoms with van der Waals surface area (Å²) in [6.45, 7) is 6.55. The molecule has 7 heteroatoms. The van der Waals surface area contributed by atoms with Crippen molar-refractivity contribution in [2.45, 2.75) is 39.3 Å². The fourth-order valence-electron chi connectivity index (χ4n) is 4.60. The molecule has 0 amide bonds. The van der Waals surface area contributed by atoms with E-state index in [-0.39, 0.29) is 23.8 Å². The molecule has 2 atom stereocenters. The van der Waals surface area contributed by atoms with Crippen LogP contribution in [-0.4, -0.2) is 19.4 Å². The first-order chi connectivity index (χ1) is 13.0. The third kappa shape index (κ3) is 3.00. The van der Waals surface area contributed by atoms with E-state index in [1.54, 1.807) is 0 Å². The fourth-order valence-corrected chi connectivity index (χ4v) is 5.77. The van der Waals surface area contributed by atoms with E-state index in [0.29, 0.717) is 17.3 Å². The van der Waals surface area contributed by atoms with Gasteiger partial charge in [-0.3, -0.25) is 4.79 Å². The van der Waals surface area contributed by atoms with Gasteiger partial charge in [0, 0.05) is 16.6 Å². The standard InChI is InChI=1S/C21H22F3NO2S/c1-10-17-14(8-15-18(17)20(15,2)3)19(28-10)16(26)9-25-12-5-11(21(22,23)24)6-13(7-12)27-4/h5-7,15,18,25H,8-9H2,1-4H3/t15-,18-/m1/s1. The minimum atomic E-state index is -4.48. The Labute approximate surface area is 165 Å². The molecule has 28 heavy (non-hydrogen) atoms. The van der Waals surface area contributed by atoms with Gasteiger partial charge in [0.25, 0.3) is 0 Å². The molecule has 0 saturated heterocycles. The Kier molecular flexibility index (Phi) is 4.30. The number of thiophene rings is 1. The van der Waals surface area contributed by atoms with Gasteiger partial charge in [0.15, 0.2) is 5.78 Å². The van der Waals surface area contributed by atoms with Gasteiger partial charge < -0.3 is 10.1 Å². The number of methoxy groups -OCH3 is 1. The predicted octanol–water partition coefficient (Wildman–Crippen LogP) is 5.67. The Morgan fingerprint density at radius 2 is 2.04 bits per heavy atom. The first kappa shape index (κ1) is 19.3. The molecule has 150 valence electrons. The zero-order chi connectivity index (χ0) is 20.4. The largest absolute Gasteiger partial charge is 0.497 e. The van der Waals surface area contributed by atoms with E-state index in [1.807, 2.05) is 0 Å². The van der Waals surface area contributed by atoms with Gasteiger partial charge in [-0.25, -0.2) is 0 Å². The summed E-state index contributed by atoms with van der Waals surface area (Å²) in [7, 11) is 1.31. The van der Waals surface area contributed by atoms with Crippen LogP contribution in [0.15, 0.2) is 18.2 Å². The average molecular weight is 409 g/mol. The summed E-state index contributed by atoms with van der Waals surface area (Å²) in [6, 6.07) is 3.40. The molecule has 0 unspecified atom stereocenters. The van der Waals surface area contributed by atoms with Crippen molar-refractivity contribution in [3.8, 4) is 5.75 Å². The highest BCUT2D eigenvalue weighted by Gasteiger charge is 2.63. The highest BCUT2D eigenvalue weighted by atomic mass is 32.1. The van der Waals surface area contributed by atoms with Crippen molar-refractivity contribution < 1.29 is 22.7 Å². The van der Waals surface area contributed by atoms with Gasteiger partial charge in [-0.15, -0.1) is 11.3 Å². The second-order valence-electron chi connectivity index (χ2n) is 8.21. The molecule has 1 fully saturated rings. The van der Waals surface area contributed by atoms with Gasteiger partial charge in [0.1, 0.15) is 5.75 Å². The summed E-state index contributed by atoms with van der Waals surface area (Å²) in [5.74, 6) is 1.17. The van der Waals surface area contributed by atoms with Gasteiger partial charge in [-0.05, 0) is 53.9 Å². The smallest absolute Gasteiger partial charge is 0.416 e. The lowest BCUT2D eigenvalue weighted by molar-refractivity contribution is -0.137. The van der Waals surface area contributed by atoms with Gasteiger partial charge in [0.2, 0.25) is 0 Å². The number of rotatable bonds is 5. The molecule has 3 nitrogen and oxygen atoms in total. The van der Waals surface area contributed by atoms with Crippen molar-refractivity contribution >= 4 is 22.8 Å². The minimum Gasteiger partial charge on any atom is -0.497 e. The summed E-state index contributed by atoms with van der Waals surface area (Å²) in [4.78, 5) is 14.7. The Morgan fingerprint density at radius 3 is 2.68 bits per heavy atom. The highest BCUT2D eigenvalue weighted by Crippen LogP contribution is 2.71. The molecular weight excluding hydrogens is 387 g/mol. The average Bonchev–Trinajstić information content (AvgIpc) is 2.95. The van der Waals surface area contributed by atoms with E-state index in [1.165, 1.54) is 35.0 Å². The maximum absolute atomic E-state index is 13.1. The van der Waals surface area contributed by atoms with Crippen molar-refractivity contribution in [2.75, 3.05) is 19.0 Å². The van der Waals surface area contributed by atoms with Crippen LogP contribution < -0.4 is 10.1 Å². The number of aryl methyl sites for hydroxylation is 1. The van der Waals surface area contributed by atoms with Crippen LogP contribution in [0.1, 0.15) is 51.0 Å². The maximum Gasteiger partial charge on any atom is 0.416 e. The van der Waals surface area contributed by atoms with Crippen LogP contribution in [0.2, 0.25) is 0 Å². The highest BCUT2D eigenvalue weighted by molar-refractivity contribution is 7.14. The van der Waals surface area contributed by atoms with Gasteiger partial charge >= 0.3 is 6.18 Å². The lowest BCUT2D eigenvalue weighted by atomic mass is 9.94. The molecule has 0 aliphatic heterocycles. The summed E-state index contributed by atoms with van der Waals surface area (Å²) < 4.78 is 44.1. The van der Waals surface area contributed by atoms with Crippen LogP contribution in [0.25, 0.3) is 0 Å². The van der Waals surface area contributed by atoms with Crippen LogP contribution in [0.3, 0.4) is 0 Å². The lowest BCUT2D eigenvalue weighted by Gasteiger charge is -2.13. The SMILES string of the molecule is COc1cc(NCC(=O)c2sc(C)c3c2C[C@@H]2[C@H]3C2(C)C)cc(C(F)(F)F)c1. The number of ketones is 1. The number of carbonyl (C=O) groups is 1.